The minimum Gasteiger partial charge on any atom is -0.356 e. The molecule has 2 N–H and O–H groups in total. The molecule has 2 fully saturated rings. The normalized spacial score (nSPS) is 28.8. The number of nitrogens with one attached hydrogen (secondary N) is 2. The molecule has 92 valence electrons. The fourth-order valence-corrected chi connectivity index (χ4v) is 2.13. The van der Waals surface area contributed by atoms with Crippen LogP contribution >= 0.6 is 0 Å². The summed E-state index contributed by atoms with van der Waals surface area (Å²) in [5.74, 6) is -3.00. The summed E-state index contributed by atoms with van der Waals surface area (Å²) in [6.45, 7) is 2.61. The van der Waals surface area contributed by atoms with Gasteiger partial charge in [0.2, 0.25) is 5.91 Å². The Kier molecular flexibility index (Phi) is 3.42. The van der Waals surface area contributed by atoms with Crippen molar-refractivity contribution in [2.75, 3.05) is 19.6 Å². The maximum absolute atomic E-state index is 12.6. The molecule has 0 radical (unpaired) electrons. The molecule has 1 amide bonds. The molecule has 1 saturated carbocycles. The largest absolute Gasteiger partial charge is 0.356 e. The van der Waals surface area contributed by atoms with Gasteiger partial charge in [0.05, 0.1) is 0 Å². The molecule has 0 bridgehead atoms. The van der Waals surface area contributed by atoms with Crippen LogP contribution in [0.2, 0.25) is 0 Å². The molecule has 0 aromatic rings. The first kappa shape index (κ1) is 11.8. The fourth-order valence-electron chi connectivity index (χ4n) is 2.13. The number of halogens is 2. The molecule has 16 heavy (non-hydrogen) atoms. The molecule has 2 rings (SSSR count). The molecular formula is C11H18F2N2O. The molecule has 0 spiro atoms. The molecule has 1 saturated heterocycles. The predicted octanol–water partition coefficient (Wildman–Crippen LogP) is 1.15. The van der Waals surface area contributed by atoms with Crippen LogP contribution in [0.15, 0.2) is 0 Å². The molecule has 1 heterocycles. The molecular weight excluding hydrogens is 214 g/mol. The zero-order valence-electron chi connectivity index (χ0n) is 9.27. The first-order valence-electron chi connectivity index (χ1n) is 5.93. The fraction of sp³-hybridized carbons (Fsp3) is 0.909. The van der Waals surface area contributed by atoms with E-state index in [9.17, 15) is 13.6 Å². The Morgan fingerprint density at radius 3 is 2.56 bits per heavy atom. The zero-order valence-corrected chi connectivity index (χ0v) is 9.27. The van der Waals surface area contributed by atoms with Gasteiger partial charge in [0, 0.05) is 25.3 Å². The SMILES string of the molecule is O=C(C[C@@H]1CC1(F)F)NCC1CCNCC1. The Labute approximate surface area is 94.0 Å². The van der Waals surface area contributed by atoms with E-state index in [1.165, 1.54) is 0 Å². The summed E-state index contributed by atoms with van der Waals surface area (Å²) >= 11 is 0. The van der Waals surface area contributed by atoms with Gasteiger partial charge in [0.25, 0.3) is 5.92 Å². The first-order valence-corrected chi connectivity index (χ1v) is 5.93. The molecule has 0 aromatic carbocycles. The maximum Gasteiger partial charge on any atom is 0.252 e. The highest BCUT2D eigenvalue weighted by molar-refractivity contribution is 5.76. The number of carbonyl (C=O) groups excluding carboxylic acids is 1. The van der Waals surface area contributed by atoms with Gasteiger partial charge in [-0.05, 0) is 31.8 Å². The van der Waals surface area contributed by atoms with Crippen LogP contribution in [0.5, 0.6) is 0 Å². The second-order valence-corrected chi connectivity index (χ2v) is 4.86. The van der Waals surface area contributed by atoms with Crippen molar-refractivity contribution >= 4 is 5.91 Å². The summed E-state index contributed by atoms with van der Waals surface area (Å²) in [4.78, 5) is 11.4. The summed E-state index contributed by atoms with van der Waals surface area (Å²) < 4.78 is 25.1. The molecule has 3 nitrogen and oxygen atoms in total. The lowest BCUT2D eigenvalue weighted by Gasteiger charge is -2.22. The van der Waals surface area contributed by atoms with Crippen molar-refractivity contribution in [2.24, 2.45) is 11.8 Å². The van der Waals surface area contributed by atoms with E-state index in [0.717, 1.165) is 25.9 Å². The third-order valence-corrected chi connectivity index (χ3v) is 3.43. The standard InChI is InChI=1S/C11H18F2N2O/c12-11(13)6-9(11)5-10(16)15-7-8-1-3-14-4-2-8/h8-9,14H,1-7H2,(H,15,16)/t9-/m1/s1. The van der Waals surface area contributed by atoms with Crippen LogP contribution in [0.4, 0.5) is 8.78 Å². The average molecular weight is 232 g/mol. The highest BCUT2D eigenvalue weighted by atomic mass is 19.3. The third kappa shape index (κ3) is 3.14. The van der Waals surface area contributed by atoms with Crippen molar-refractivity contribution in [3.63, 3.8) is 0 Å². The monoisotopic (exact) mass is 232 g/mol. The lowest BCUT2D eigenvalue weighted by atomic mass is 9.98. The van der Waals surface area contributed by atoms with Crippen molar-refractivity contribution in [3.8, 4) is 0 Å². The summed E-state index contributed by atoms with van der Waals surface area (Å²) in [5.41, 5.74) is 0. The Morgan fingerprint density at radius 1 is 1.38 bits per heavy atom. The second kappa shape index (κ2) is 4.65. The topological polar surface area (TPSA) is 41.1 Å². The van der Waals surface area contributed by atoms with E-state index in [4.69, 9.17) is 0 Å². The summed E-state index contributed by atoms with van der Waals surface area (Å²) in [7, 11) is 0. The minimum atomic E-state index is -2.58. The number of alkyl halides is 2. The van der Waals surface area contributed by atoms with E-state index in [1.54, 1.807) is 0 Å². The van der Waals surface area contributed by atoms with Gasteiger partial charge in [-0.15, -0.1) is 0 Å². The predicted molar refractivity (Wildman–Crippen MR) is 56.3 cm³/mol. The van der Waals surface area contributed by atoms with Crippen LogP contribution < -0.4 is 10.6 Å². The Balaban J connectivity index is 1.60. The lowest BCUT2D eigenvalue weighted by Crippen LogP contribution is -2.36. The number of hydrogen-bond donors (Lipinski definition) is 2. The number of amides is 1. The van der Waals surface area contributed by atoms with Crippen LogP contribution in [0, 0.1) is 11.8 Å². The van der Waals surface area contributed by atoms with Crippen molar-refractivity contribution in [1.82, 2.24) is 10.6 Å². The van der Waals surface area contributed by atoms with Gasteiger partial charge in [-0.25, -0.2) is 8.78 Å². The van der Waals surface area contributed by atoms with Gasteiger partial charge in [0.15, 0.2) is 0 Å². The quantitative estimate of drug-likeness (QED) is 0.763. The van der Waals surface area contributed by atoms with Gasteiger partial charge in [-0.1, -0.05) is 0 Å². The van der Waals surface area contributed by atoms with Gasteiger partial charge < -0.3 is 10.6 Å². The zero-order chi connectivity index (χ0) is 11.6. The van der Waals surface area contributed by atoms with Gasteiger partial charge in [-0.2, -0.15) is 0 Å². The lowest BCUT2D eigenvalue weighted by molar-refractivity contribution is -0.122. The van der Waals surface area contributed by atoms with Crippen molar-refractivity contribution in [1.29, 1.82) is 0 Å². The van der Waals surface area contributed by atoms with Crippen LogP contribution in [0.1, 0.15) is 25.7 Å². The molecule has 1 aliphatic heterocycles. The van der Waals surface area contributed by atoms with Crippen molar-refractivity contribution in [2.45, 2.75) is 31.6 Å². The molecule has 1 aliphatic carbocycles. The van der Waals surface area contributed by atoms with Crippen LogP contribution in [0.25, 0.3) is 0 Å². The second-order valence-electron chi connectivity index (χ2n) is 4.86. The molecule has 0 unspecified atom stereocenters. The van der Waals surface area contributed by atoms with E-state index >= 15 is 0 Å². The van der Waals surface area contributed by atoms with E-state index in [0.29, 0.717) is 12.5 Å². The minimum absolute atomic E-state index is 0.0159. The highest BCUT2D eigenvalue weighted by Gasteiger charge is 2.57. The van der Waals surface area contributed by atoms with Crippen LogP contribution in [-0.4, -0.2) is 31.5 Å². The summed E-state index contributed by atoms with van der Waals surface area (Å²) in [6.07, 6.45) is 1.98. The van der Waals surface area contributed by atoms with E-state index < -0.39 is 11.8 Å². The van der Waals surface area contributed by atoms with Crippen LogP contribution in [-0.2, 0) is 4.79 Å². The summed E-state index contributed by atoms with van der Waals surface area (Å²) in [5, 5.41) is 6.00. The van der Waals surface area contributed by atoms with Gasteiger partial charge in [-0.3, -0.25) is 4.79 Å². The van der Waals surface area contributed by atoms with Crippen LogP contribution in [0.3, 0.4) is 0 Å². The third-order valence-electron chi connectivity index (χ3n) is 3.43. The number of carbonyl (C=O) groups is 1. The average Bonchev–Trinajstić information content (AvgIpc) is 2.84. The van der Waals surface area contributed by atoms with Crippen molar-refractivity contribution in [3.05, 3.63) is 0 Å². The highest BCUT2D eigenvalue weighted by Crippen LogP contribution is 2.50. The maximum atomic E-state index is 12.6. The number of piperidine rings is 1. The van der Waals surface area contributed by atoms with E-state index in [-0.39, 0.29) is 18.7 Å². The first-order chi connectivity index (χ1) is 7.58. The Morgan fingerprint density at radius 2 is 2.00 bits per heavy atom. The molecule has 0 aromatic heterocycles. The Hall–Kier alpha value is -0.710. The van der Waals surface area contributed by atoms with Crippen molar-refractivity contribution < 1.29 is 13.6 Å². The van der Waals surface area contributed by atoms with Gasteiger partial charge in [0.1, 0.15) is 0 Å². The van der Waals surface area contributed by atoms with E-state index in [2.05, 4.69) is 10.6 Å². The van der Waals surface area contributed by atoms with E-state index in [1.807, 2.05) is 0 Å². The Bertz CT molecular complexity index is 265. The van der Waals surface area contributed by atoms with Gasteiger partial charge >= 0.3 is 0 Å². The summed E-state index contributed by atoms with van der Waals surface area (Å²) in [6, 6.07) is 0. The number of rotatable bonds is 4. The molecule has 1 atom stereocenters. The molecule has 2 aliphatic rings. The molecule has 5 heteroatoms. The number of hydrogen-bond acceptors (Lipinski definition) is 2. The smallest absolute Gasteiger partial charge is 0.252 e.